The van der Waals surface area contributed by atoms with E-state index in [9.17, 15) is 4.79 Å². The van der Waals surface area contributed by atoms with Gasteiger partial charge in [-0.2, -0.15) is 0 Å². The number of nitrogens with one attached hydrogen (secondary N) is 1. The van der Waals surface area contributed by atoms with E-state index in [0.29, 0.717) is 23.7 Å². The molecule has 1 aromatic rings. The molecule has 0 fully saturated rings. The van der Waals surface area contributed by atoms with Crippen LogP contribution in [0.15, 0.2) is 22.7 Å². The number of rotatable bonds is 4. The maximum atomic E-state index is 11.6. The van der Waals surface area contributed by atoms with Crippen LogP contribution in [0.3, 0.4) is 0 Å². The van der Waals surface area contributed by atoms with E-state index in [-0.39, 0.29) is 11.8 Å². The van der Waals surface area contributed by atoms with E-state index in [2.05, 4.69) is 21.2 Å². The van der Waals surface area contributed by atoms with E-state index in [4.69, 9.17) is 17.3 Å². The monoisotopic (exact) mass is 304 g/mol. The largest absolute Gasteiger partial charge is 0.330 e. The number of hydrogen-bond acceptors (Lipinski definition) is 2. The molecule has 3 nitrogen and oxygen atoms in total. The molecule has 3 N–H and O–H groups in total. The minimum atomic E-state index is -0.0674. The SMILES string of the molecule is CC(CN)CC(=O)Nc1ccc(Br)cc1Cl. The Kier molecular flexibility index (Phi) is 5.25. The van der Waals surface area contributed by atoms with Gasteiger partial charge in [0.2, 0.25) is 5.91 Å². The molecule has 1 atom stereocenters. The molecule has 1 aromatic carbocycles. The van der Waals surface area contributed by atoms with Gasteiger partial charge in [0.1, 0.15) is 0 Å². The Morgan fingerprint density at radius 3 is 2.88 bits per heavy atom. The fourth-order valence-corrected chi connectivity index (χ4v) is 1.91. The Morgan fingerprint density at radius 1 is 1.62 bits per heavy atom. The van der Waals surface area contributed by atoms with Crippen molar-refractivity contribution in [3.8, 4) is 0 Å². The van der Waals surface area contributed by atoms with Gasteiger partial charge in [-0.25, -0.2) is 0 Å². The normalized spacial score (nSPS) is 12.2. The van der Waals surface area contributed by atoms with Crippen LogP contribution in [0.2, 0.25) is 5.02 Å². The van der Waals surface area contributed by atoms with Crippen molar-refractivity contribution >= 4 is 39.1 Å². The van der Waals surface area contributed by atoms with E-state index in [0.717, 1.165) is 4.47 Å². The summed E-state index contributed by atoms with van der Waals surface area (Å²) < 4.78 is 0.880. The Balaban J connectivity index is 2.63. The third-order valence-electron chi connectivity index (χ3n) is 2.14. The Labute approximate surface area is 108 Å². The lowest BCUT2D eigenvalue weighted by Crippen LogP contribution is -2.20. The van der Waals surface area contributed by atoms with Crippen molar-refractivity contribution in [1.82, 2.24) is 0 Å². The van der Waals surface area contributed by atoms with Crippen LogP contribution in [0, 0.1) is 5.92 Å². The summed E-state index contributed by atoms with van der Waals surface area (Å²) in [6.07, 6.45) is 0.406. The number of amides is 1. The first-order valence-electron chi connectivity index (χ1n) is 4.98. The fourth-order valence-electron chi connectivity index (χ4n) is 1.19. The highest BCUT2D eigenvalue weighted by Crippen LogP contribution is 2.25. The molecule has 16 heavy (non-hydrogen) atoms. The zero-order valence-electron chi connectivity index (χ0n) is 8.97. The lowest BCUT2D eigenvalue weighted by molar-refractivity contribution is -0.116. The first kappa shape index (κ1) is 13.5. The van der Waals surface area contributed by atoms with Crippen molar-refractivity contribution in [2.24, 2.45) is 11.7 Å². The molecule has 1 rings (SSSR count). The van der Waals surface area contributed by atoms with Crippen molar-refractivity contribution in [3.63, 3.8) is 0 Å². The first-order valence-corrected chi connectivity index (χ1v) is 6.15. The summed E-state index contributed by atoms with van der Waals surface area (Å²) in [5.41, 5.74) is 6.08. The second-order valence-electron chi connectivity index (χ2n) is 3.72. The van der Waals surface area contributed by atoms with E-state index < -0.39 is 0 Å². The van der Waals surface area contributed by atoms with Gasteiger partial charge < -0.3 is 11.1 Å². The van der Waals surface area contributed by atoms with E-state index in [1.54, 1.807) is 12.1 Å². The molecule has 0 saturated heterocycles. The lowest BCUT2D eigenvalue weighted by atomic mass is 10.1. The van der Waals surface area contributed by atoms with Crippen LogP contribution in [0.1, 0.15) is 13.3 Å². The van der Waals surface area contributed by atoms with E-state index in [1.165, 1.54) is 0 Å². The molecule has 5 heteroatoms. The minimum absolute atomic E-state index is 0.0674. The highest BCUT2D eigenvalue weighted by atomic mass is 79.9. The summed E-state index contributed by atoms with van der Waals surface area (Å²) in [6.45, 7) is 2.43. The van der Waals surface area contributed by atoms with Crippen LogP contribution < -0.4 is 11.1 Å². The van der Waals surface area contributed by atoms with Crippen molar-refractivity contribution in [2.45, 2.75) is 13.3 Å². The molecule has 0 aliphatic rings. The third-order valence-corrected chi connectivity index (χ3v) is 2.95. The van der Waals surface area contributed by atoms with Gasteiger partial charge in [-0.1, -0.05) is 34.5 Å². The number of benzene rings is 1. The van der Waals surface area contributed by atoms with Gasteiger partial charge >= 0.3 is 0 Å². The van der Waals surface area contributed by atoms with Gasteiger partial charge in [-0.3, -0.25) is 4.79 Å². The molecular formula is C11H14BrClN2O. The maximum absolute atomic E-state index is 11.6. The second-order valence-corrected chi connectivity index (χ2v) is 5.04. The van der Waals surface area contributed by atoms with Gasteiger partial charge in [-0.05, 0) is 30.7 Å². The maximum Gasteiger partial charge on any atom is 0.224 e. The number of anilines is 1. The Bertz CT molecular complexity index is 384. The van der Waals surface area contributed by atoms with Gasteiger partial charge in [0, 0.05) is 10.9 Å². The molecule has 0 aliphatic carbocycles. The van der Waals surface area contributed by atoms with Gasteiger partial charge in [-0.15, -0.1) is 0 Å². The molecule has 88 valence electrons. The number of carbonyl (C=O) groups is 1. The molecule has 0 heterocycles. The summed E-state index contributed by atoms with van der Waals surface area (Å²) in [6, 6.07) is 5.33. The smallest absolute Gasteiger partial charge is 0.224 e. The van der Waals surface area contributed by atoms with Crippen molar-refractivity contribution in [1.29, 1.82) is 0 Å². The molecule has 1 unspecified atom stereocenters. The molecule has 0 saturated carbocycles. The van der Waals surface area contributed by atoms with E-state index >= 15 is 0 Å². The first-order chi connectivity index (χ1) is 7.52. The second kappa shape index (κ2) is 6.23. The third kappa shape index (κ3) is 4.12. The quantitative estimate of drug-likeness (QED) is 0.898. The van der Waals surface area contributed by atoms with E-state index in [1.807, 2.05) is 13.0 Å². The Hall–Kier alpha value is -0.580. The minimum Gasteiger partial charge on any atom is -0.330 e. The van der Waals surface area contributed by atoms with Gasteiger partial charge in [0.25, 0.3) is 0 Å². The number of hydrogen-bond donors (Lipinski definition) is 2. The van der Waals surface area contributed by atoms with Crippen LogP contribution >= 0.6 is 27.5 Å². The molecule has 1 amide bonds. The number of halogens is 2. The standard InChI is InChI=1S/C11H14BrClN2O/c1-7(6-14)4-11(16)15-10-3-2-8(12)5-9(10)13/h2-3,5,7H,4,6,14H2,1H3,(H,15,16). The molecule has 0 radical (unpaired) electrons. The van der Waals surface area contributed by atoms with Crippen LogP contribution in [0.4, 0.5) is 5.69 Å². The lowest BCUT2D eigenvalue weighted by Gasteiger charge is -2.10. The molecule has 0 spiro atoms. The zero-order valence-corrected chi connectivity index (χ0v) is 11.3. The number of carbonyl (C=O) groups excluding carboxylic acids is 1. The summed E-state index contributed by atoms with van der Waals surface area (Å²) in [7, 11) is 0. The van der Waals surface area contributed by atoms with Crippen molar-refractivity contribution in [3.05, 3.63) is 27.7 Å². The summed E-state index contributed by atoms with van der Waals surface area (Å²) in [5, 5.41) is 3.27. The summed E-state index contributed by atoms with van der Waals surface area (Å²) in [5.74, 6) is 0.108. The fraction of sp³-hybridized carbons (Fsp3) is 0.364. The summed E-state index contributed by atoms with van der Waals surface area (Å²) in [4.78, 5) is 11.6. The van der Waals surface area contributed by atoms with Gasteiger partial charge in [0.15, 0.2) is 0 Å². The predicted molar refractivity (Wildman–Crippen MR) is 70.6 cm³/mol. The van der Waals surface area contributed by atoms with Crippen LogP contribution in [0.25, 0.3) is 0 Å². The average molecular weight is 306 g/mol. The summed E-state index contributed by atoms with van der Waals surface area (Å²) >= 11 is 9.27. The number of nitrogens with two attached hydrogens (primary N) is 1. The molecule has 0 bridgehead atoms. The predicted octanol–water partition coefficient (Wildman–Crippen LogP) is 3.03. The van der Waals surface area contributed by atoms with Crippen LogP contribution in [-0.2, 0) is 4.79 Å². The molecule has 0 aliphatic heterocycles. The molecule has 0 aromatic heterocycles. The van der Waals surface area contributed by atoms with Crippen molar-refractivity contribution in [2.75, 3.05) is 11.9 Å². The Morgan fingerprint density at radius 2 is 2.31 bits per heavy atom. The zero-order chi connectivity index (χ0) is 12.1. The highest BCUT2D eigenvalue weighted by molar-refractivity contribution is 9.10. The average Bonchev–Trinajstić information content (AvgIpc) is 2.22. The topological polar surface area (TPSA) is 55.1 Å². The van der Waals surface area contributed by atoms with Crippen LogP contribution in [0.5, 0.6) is 0 Å². The van der Waals surface area contributed by atoms with Crippen LogP contribution in [-0.4, -0.2) is 12.5 Å². The molecular weight excluding hydrogens is 291 g/mol. The highest BCUT2D eigenvalue weighted by Gasteiger charge is 2.09. The van der Waals surface area contributed by atoms with Crippen molar-refractivity contribution < 1.29 is 4.79 Å². The van der Waals surface area contributed by atoms with Gasteiger partial charge in [0.05, 0.1) is 10.7 Å².